The molecule has 1 heterocycles. The molecule has 1 aromatic carbocycles. The van der Waals surface area contributed by atoms with Crippen LogP contribution in [-0.4, -0.2) is 36.6 Å². The summed E-state index contributed by atoms with van der Waals surface area (Å²) in [6, 6.07) is 10.5. The molecular weight excluding hydrogens is 238 g/mol. The van der Waals surface area contributed by atoms with E-state index in [0.717, 1.165) is 32.4 Å². The highest BCUT2D eigenvalue weighted by molar-refractivity contribution is 5.76. The number of carbonyl (C=O) groups excluding carboxylic acids is 1. The molecule has 0 saturated carbocycles. The molecule has 3 nitrogen and oxygen atoms in total. The molecule has 2 rings (SSSR count). The summed E-state index contributed by atoms with van der Waals surface area (Å²) in [5.74, 6) is 0.281. The predicted molar refractivity (Wildman–Crippen MR) is 76.0 cm³/mol. The number of rotatable bonds is 5. The van der Waals surface area contributed by atoms with Gasteiger partial charge in [-0.3, -0.25) is 4.79 Å². The Morgan fingerprint density at radius 1 is 1.32 bits per heavy atom. The van der Waals surface area contributed by atoms with Crippen molar-refractivity contribution in [3.05, 3.63) is 35.9 Å². The molecule has 1 aliphatic heterocycles. The van der Waals surface area contributed by atoms with Gasteiger partial charge in [0.2, 0.25) is 5.91 Å². The molecule has 1 unspecified atom stereocenters. The minimum absolute atomic E-state index is 0.182. The van der Waals surface area contributed by atoms with Crippen LogP contribution in [0.4, 0.5) is 0 Å². The van der Waals surface area contributed by atoms with Gasteiger partial charge in [-0.2, -0.15) is 0 Å². The maximum absolute atomic E-state index is 12.0. The van der Waals surface area contributed by atoms with Crippen LogP contribution in [0.3, 0.4) is 0 Å². The molecule has 0 radical (unpaired) electrons. The Balaban J connectivity index is 1.64. The number of benzene rings is 1. The number of unbranched alkanes of at least 4 members (excludes halogenated alkanes) is 1. The summed E-state index contributed by atoms with van der Waals surface area (Å²) >= 11 is 0. The lowest BCUT2D eigenvalue weighted by atomic mass is 10.1. The smallest absolute Gasteiger partial charge is 0.222 e. The average Bonchev–Trinajstić information content (AvgIpc) is 2.44. The van der Waals surface area contributed by atoms with Crippen LogP contribution in [0.25, 0.3) is 0 Å². The summed E-state index contributed by atoms with van der Waals surface area (Å²) in [5.41, 5.74) is 1.36. The second-order valence-electron chi connectivity index (χ2n) is 5.21. The SMILES string of the molecule is CC1CN(C(=O)CCCCc2ccccc2)CCO1. The van der Waals surface area contributed by atoms with Gasteiger partial charge in [-0.15, -0.1) is 0 Å². The van der Waals surface area contributed by atoms with Gasteiger partial charge in [0.1, 0.15) is 0 Å². The molecule has 1 aromatic rings. The highest BCUT2D eigenvalue weighted by Gasteiger charge is 2.20. The van der Waals surface area contributed by atoms with E-state index in [4.69, 9.17) is 4.74 Å². The molecule has 0 aliphatic carbocycles. The van der Waals surface area contributed by atoms with Crippen LogP contribution >= 0.6 is 0 Å². The standard InChI is InChI=1S/C16H23NO2/c1-14-13-17(11-12-19-14)16(18)10-6-5-9-15-7-3-2-4-8-15/h2-4,7-8,14H,5-6,9-13H2,1H3. The monoisotopic (exact) mass is 261 g/mol. The number of ether oxygens (including phenoxy) is 1. The van der Waals surface area contributed by atoms with Gasteiger partial charge < -0.3 is 9.64 Å². The summed E-state index contributed by atoms with van der Waals surface area (Å²) < 4.78 is 5.45. The highest BCUT2D eigenvalue weighted by atomic mass is 16.5. The zero-order valence-corrected chi connectivity index (χ0v) is 11.7. The molecule has 1 aliphatic rings. The zero-order chi connectivity index (χ0) is 13.5. The Labute approximate surface area is 115 Å². The normalized spacial score (nSPS) is 19.4. The van der Waals surface area contributed by atoms with E-state index in [-0.39, 0.29) is 12.0 Å². The van der Waals surface area contributed by atoms with E-state index in [9.17, 15) is 4.79 Å². The average molecular weight is 261 g/mol. The number of nitrogens with zero attached hydrogens (tertiary/aromatic N) is 1. The molecule has 19 heavy (non-hydrogen) atoms. The maximum atomic E-state index is 12.0. The molecule has 0 aromatic heterocycles. The first-order chi connectivity index (χ1) is 9.25. The molecular formula is C16H23NO2. The molecule has 1 amide bonds. The van der Waals surface area contributed by atoms with Crippen LogP contribution in [0.1, 0.15) is 31.7 Å². The molecule has 0 spiro atoms. The lowest BCUT2D eigenvalue weighted by Crippen LogP contribution is -2.44. The van der Waals surface area contributed by atoms with E-state index in [1.54, 1.807) is 0 Å². The molecule has 1 atom stereocenters. The van der Waals surface area contributed by atoms with Crippen LogP contribution in [0.2, 0.25) is 0 Å². The number of hydrogen-bond donors (Lipinski definition) is 0. The first kappa shape index (κ1) is 14.1. The fourth-order valence-electron chi connectivity index (χ4n) is 2.45. The van der Waals surface area contributed by atoms with Crippen molar-refractivity contribution in [3.8, 4) is 0 Å². The van der Waals surface area contributed by atoms with Crippen LogP contribution in [0.5, 0.6) is 0 Å². The Kier molecular flexibility index (Phi) is 5.40. The second-order valence-corrected chi connectivity index (χ2v) is 5.21. The van der Waals surface area contributed by atoms with Crippen molar-refractivity contribution in [1.82, 2.24) is 4.90 Å². The summed E-state index contributed by atoms with van der Waals surface area (Å²) in [4.78, 5) is 14.0. The number of morpholine rings is 1. The first-order valence-electron chi connectivity index (χ1n) is 7.19. The Morgan fingerprint density at radius 3 is 2.84 bits per heavy atom. The van der Waals surface area contributed by atoms with E-state index < -0.39 is 0 Å². The van der Waals surface area contributed by atoms with E-state index >= 15 is 0 Å². The largest absolute Gasteiger partial charge is 0.375 e. The van der Waals surface area contributed by atoms with Crippen molar-refractivity contribution in [2.24, 2.45) is 0 Å². The van der Waals surface area contributed by atoms with Crippen LogP contribution in [-0.2, 0) is 16.0 Å². The number of amides is 1. The summed E-state index contributed by atoms with van der Waals surface area (Å²) in [6.07, 6.45) is 3.96. The second kappa shape index (κ2) is 7.29. The Hall–Kier alpha value is -1.35. The van der Waals surface area contributed by atoms with E-state index in [0.29, 0.717) is 13.0 Å². The predicted octanol–water partition coefficient (Wildman–Crippen LogP) is 2.65. The van der Waals surface area contributed by atoms with E-state index in [2.05, 4.69) is 24.3 Å². The lowest BCUT2D eigenvalue weighted by molar-refractivity contribution is -0.138. The molecule has 1 fully saturated rings. The first-order valence-corrected chi connectivity index (χ1v) is 7.19. The summed E-state index contributed by atoms with van der Waals surface area (Å²) in [6.45, 7) is 4.20. The van der Waals surface area contributed by atoms with Crippen molar-refractivity contribution < 1.29 is 9.53 Å². The van der Waals surface area contributed by atoms with Crippen molar-refractivity contribution in [2.75, 3.05) is 19.7 Å². The maximum Gasteiger partial charge on any atom is 0.222 e. The number of aryl methyl sites for hydroxylation is 1. The van der Waals surface area contributed by atoms with Crippen LogP contribution in [0, 0.1) is 0 Å². The fraction of sp³-hybridized carbons (Fsp3) is 0.562. The van der Waals surface area contributed by atoms with Gasteiger partial charge in [0.25, 0.3) is 0 Å². The van der Waals surface area contributed by atoms with Crippen molar-refractivity contribution in [1.29, 1.82) is 0 Å². The van der Waals surface area contributed by atoms with E-state index in [1.165, 1.54) is 5.56 Å². The molecule has 0 bridgehead atoms. The Morgan fingerprint density at radius 2 is 2.11 bits per heavy atom. The van der Waals surface area contributed by atoms with Gasteiger partial charge in [0.15, 0.2) is 0 Å². The van der Waals surface area contributed by atoms with E-state index in [1.807, 2.05) is 17.9 Å². The zero-order valence-electron chi connectivity index (χ0n) is 11.7. The number of carbonyl (C=O) groups is 1. The Bertz CT molecular complexity index is 391. The van der Waals surface area contributed by atoms with Crippen molar-refractivity contribution >= 4 is 5.91 Å². The third-order valence-corrected chi connectivity index (χ3v) is 3.54. The van der Waals surface area contributed by atoms with Gasteiger partial charge in [0, 0.05) is 19.5 Å². The van der Waals surface area contributed by atoms with Crippen molar-refractivity contribution in [2.45, 2.75) is 38.7 Å². The third kappa shape index (κ3) is 4.67. The highest BCUT2D eigenvalue weighted by Crippen LogP contribution is 2.10. The van der Waals surface area contributed by atoms with Crippen LogP contribution in [0.15, 0.2) is 30.3 Å². The molecule has 3 heteroatoms. The van der Waals surface area contributed by atoms with Gasteiger partial charge in [-0.25, -0.2) is 0 Å². The van der Waals surface area contributed by atoms with Gasteiger partial charge >= 0.3 is 0 Å². The van der Waals surface area contributed by atoms with Gasteiger partial charge in [0.05, 0.1) is 12.7 Å². The van der Waals surface area contributed by atoms with Crippen LogP contribution < -0.4 is 0 Å². The van der Waals surface area contributed by atoms with Gasteiger partial charge in [-0.1, -0.05) is 30.3 Å². The quantitative estimate of drug-likeness (QED) is 0.763. The summed E-state index contributed by atoms with van der Waals surface area (Å²) in [7, 11) is 0. The minimum Gasteiger partial charge on any atom is -0.375 e. The minimum atomic E-state index is 0.182. The third-order valence-electron chi connectivity index (χ3n) is 3.54. The topological polar surface area (TPSA) is 29.5 Å². The summed E-state index contributed by atoms with van der Waals surface area (Å²) in [5, 5.41) is 0. The fourth-order valence-corrected chi connectivity index (χ4v) is 2.45. The molecule has 104 valence electrons. The lowest BCUT2D eigenvalue weighted by Gasteiger charge is -2.31. The molecule has 0 N–H and O–H groups in total. The molecule has 1 saturated heterocycles. The van der Waals surface area contributed by atoms with Gasteiger partial charge in [-0.05, 0) is 31.7 Å². The number of hydrogen-bond acceptors (Lipinski definition) is 2. The van der Waals surface area contributed by atoms with Crippen molar-refractivity contribution in [3.63, 3.8) is 0 Å².